The van der Waals surface area contributed by atoms with Gasteiger partial charge in [-0.15, -0.1) is 6.58 Å². The summed E-state index contributed by atoms with van der Waals surface area (Å²) in [5, 5.41) is 0. The van der Waals surface area contributed by atoms with Gasteiger partial charge in [-0.25, -0.2) is 26.3 Å². The van der Waals surface area contributed by atoms with Gasteiger partial charge in [-0.05, 0) is 80.6 Å². The molecule has 404 valence electrons. The van der Waals surface area contributed by atoms with Crippen molar-refractivity contribution >= 4 is 31.9 Å². The van der Waals surface area contributed by atoms with E-state index >= 15 is 0 Å². The predicted molar refractivity (Wildman–Crippen MR) is 286 cm³/mol. The third-order valence-electron chi connectivity index (χ3n) is 11.4. The fourth-order valence-electron chi connectivity index (χ4n) is 7.80. The number of allylic oxidation sites excluding steroid dienone is 1. The van der Waals surface area contributed by atoms with Gasteiger partial charge in [0, 0.05) is 31.0 Å². The van der Waals surface area contributed by atoms with Crippen molar-refractivity contribution in [3.05, 3.63) is 12.7 Å². The fourth-order valence-corrected chi connectivity index (χ4v) is 8.65. The van der Waals surface area contributed by atoms with Crippen LogP contribution in [0.2, 0.25) is 0 Å². The molecule has 0 aliphatic carbocycles. The van der Waals surface area contributed by atoms with Crippen molar-refractivity contribution in [3.8, 4) is 0 Å². The molecule has 3 unspecified atom stereocenters. The van der Waals surface area contributed by atoms with Crippen molar-refractivity contribution in [2.45, 2.75) is 334 Å². The highest BCUT2D eigenvalue weighted by molar-refractivity contribution is 9.10. The molecular weight excluding hydrogens is 984 g/mol. The van der Waals surface area contributed by atoms with E-state index < -0.39 is 22.6 Å². The largest absolute Gasteiger partial charge is 0.298 e. The number of unbranched alkanes of at least 4 members (excludes halogenated alkanes) is 23. The molecule has 0 radical (unpaired) electrons. The van der Waals surface area contributed by atoms with Crippen LogP contribution in [0.1, 0.15) is 307 Å². The van der Waals surface area contributed by atoms with E-state index in [0.29, 0.717) is 11.2 Å². The van der Waals surface area contributed by atoms with Crippen LogP contribution in [0, 0.1) is 11.8 Å². The maximum absolute atomic E-state index is 13.3. The van der Waals surface area contributed by atoms with E-state index in [4.69, 9.17) is 0 Å². The Balaban J connectivity index is -0.000000254. The monoisotopic (exact) mass is 1090 g/mol. The highest BCUT2D eigenvalue weighted by atomic mass is 79.9. The Kier molecular flexibility index (Phi) is 60.2. The summed E-state index contributed by atoms with van der Waals surface area (Å²) in [6, 6.07) is 0. The number of rotatable bonds is 40. The molecule has 0 aromatic heterocycles. The minimum atomic E-state index is -2.69. The summed E-state index contributed by atoms with van der Waals surface area (Å²) in [7, 11) is 0. The van der Waals surface area contributed by atoms with Crippen LogP contribution in [0.3, 0.4) is 0 Å². The Bertz CT molecular complexity index is 905. The molecule has 0 nitrogen and oxygen atoms in total. The first-order chi connectivity index (χ1) is 30.9. The Hall–Kier alpha value is 0.140. The van der Waals surface area contributed by atoms with Crippen LogP contribution in [0.15, 0.2) is 12.7 Å². The van der Waals surface area contributed by atoms with E-state index in [9.17, 15) is 35.1 Å². The molecule has 10 heteroatoms. The Morgan fingerprint density at radius 1 is 0.394 bits per heavy atom. The first-order valence-electron chi connectivity index (χ1n) is 27.3. The lowest BCUT2D eigenvalue weighted by molar-refractivity contribution is -0.00717. The molecule has 0 amide bonds. The lowest BCUT2D eigenvalue weighted by Crippen LogP contribution is -2.19. The Morgan fingerprint density at radius 3 is 1.00 bits per heavy atom. The normalized spacial score (nSPS) is 13.2. The van der Waals surface area contributed by atoms with Crippen molar-refractivity contribution < 1.29 is 35.1 Å². The van der Waals surface area contributed by atoms with Gasteiger partial charge >= 0.3 is 0 Å². The van der Waals surface area contributed by atoms with Crippen LogP contribution in [-0.4, -0.2) is 27.4 Å². The average Bonchev–Trinajstić information content (AvgIpc) is 3.19. The van der Waals surface area contributed by atoms with Crippen LogP contribution in [0.25, 0.3) is 0 Å². The lowest BCUT2D eigenvalue weighted by atomic mass is 9.89. The third kappa shape index (κ3) is 87.2. The summed E-state index contributed by atoms with van der Waals surface area (Å²) < 4.78 is 99.6. The number of alkyl halides is 10. The molecule has 0 bridgehead atoms. The maximum atomic E-state index is 13.3. The van der Waals surface area contributed by atoms with Gasteiger partial charge in [0.05, 0.1) is 0 Å². The summed E-state index contributed by atoms with van der Waals surface area (Å²) in [5.41, 5.74) is 0. The Labute approximate surface area is 423 Å². The summed E-state index contributed by atoms with van der Waals surface area (Å²) in [6.07, 6.45) is 42.2. The number of hydrogen-bond donors (Lipinski definition) is 0. The Morgan fingerprint density at radius 2 is 0.667 bits per heavy atom. The SMILES string of the molecule is C=CCCCCCC.CC(F)(F)Br.CCCCCCC(Br)CC(CCCCCC)CC(C)(F)F.CCCCCCCCC(C)(F)F.CCCCCCCCC(CCCCCC)CC(C)(F)F. The van der Waals surface area contributed by atoms with E-state index in [2.05, 4.69) is 64.1 Å². The zero-order valence-electron chi connectivity index (χ0n) is 45.0. The lowest BCUT2D eigenvalue weighted by Gasteiger charge is -2.23. The van der Waals surface area contributed by atoms with Gasteiger partial charge in [0.25, 0.3) is 4.83 Å². The van der Waals surface area contributed by atoms with E-state index in [-0.39, 0.29) is 31.1 Å². The first-order valence-corrected chi connectivity index (χ1v) is 29.0. The molecule has 0 aromatic carbocycles. The highest BCUT2D eigenvalue weighted by Crippen LogP contribution is 2.33. The van der Waals surface area contributed by atoms with Crippen LogP contribution < -0.4 is 0 Å². The molecule has 0 spiro atoms. The van der Waals surface area contributed by atoms with Crippen LogP contribution in [0.4, 0.5) is 35.1 Å². The zero-order chi connectivity index (χ0) is 51.6. The van der Waals surface area contributed by atoms with E-state index in [0.717, 1.165) is 91.9 Å². The predicted octanol–water partition coefficient (Wildman–Crippen LogP) is 24.6. The quantitative estimate of drug-likeness (QED) is 0.0248. The summed E-state index contributed by atoms with van der Waals surface area (Å²) in [5.74, 6) is -7.07. The second-order valence-electron chi connectivity index (χ2n) is 19.7. The molecule has 66 heavy (non-hydrogen) atoms. The number of hydrogen-bond acceptors (Lipinski definition) is 0. The molecule has 0 heterocycles. The van der Waals surface area contributed by atoms with Crippen LogP contribution in [-0.2, 0) is 0 Å². The molecule has 0 aromatic rings. The molecular formula is C56H110Br2F8. The minimum absolute atomic E-state index is 0.0518. The molecule has 0 aliphatic rings. The summed E-state index contributed by atoms with van der Waals surface area (Å²) in [4.78, 5) is -2.28. The van der Waals surface area contributed by atoms with E-state index in [1.54, 1.807) is 0 Å². The molecule has 0 fully saturated rings. The molecule has 0 saturated heterocycles. The maximum Gasteiger partial charge on any atom is 0.298 e. The van der Waals surface area contributed by atoms with Gasteiger partial charge in [-0.3, -0.25) is 0 Å². The van der Waals surface area contributed by atoms with Crippen molar-refractivity contribution in [1.29, 1.82) is 0 Å². The van der Waals surface area contributed by atoms with Gasteiger partial charge in [0.2, 0.25) is 17.8 Å². The van der Waals surface area contributed by atoms with Gasteiger partial charge in [0.15, 0.2) is 0 Å². The van der Waals surface area contributed by atoms with Crippen LogP contribution >= 0.6 is 31.9 Å². The van der Waals surface area contributed by atoms with Crippen molar-refractivity contribution in [1.82, 2.24) is 0 Å². The van der Waals surface area contributed by atoms with Crippen molar-refractivity contribution in [2.24, 2.45) is 11.8 Å². The topological polar surface area (TPSA) is 0 Å². The summed E-state index contributed by atoms with van der Waals surface area (Å²) >= 11 is 5.76. The number of halogens is 10. The van der Waals surface area contributed by atoms with Crippen molar-refractivity contribution in [3.63, 3.8) is 0 Å². The third-order valence-corrected chi connectivity index (χ3v) is 12.2. The van der Waals surface area contributed by atoms with Gasteiger partial charge < -0.3 is 0 Å². The molecule has 0 rings (SSSR count). The van der Waals surface area contributed by atoms with E-state index in [1.165, 1.54) is 148 Å². The average molecular weight is 1100 g/mol. The molecule has 3 atom stereocenters. The second-order valence-corrected chi connectivity index (χ2v) is 22.4. The second kappa shape index (κ2) is 53.0. The van der Waals surface area contributed by atoms with Gasteiger partial charge in [-0.2, -0.15) is 8.78 Å². The molecule has 0 N–H and O–H groups in total. The standard InChI is InChI=1S/C18H35BrF2.C18H36F2.C10H20F2.C8H16.C2H3BrF2/c1-4-6-8-10-12-16(15-18(3,20)21)14-17(19)13-11-9-7-5-2;1-4-6-8-10-11-13-15-17(16-18(3,19)20)14-12-9-7-5-2;1-3-4-5-6-7-8-9-10(2,11)12;1-3-5-7-8-6-4-2;1-2(3,4)5/h16-17H,4-15H2,1-3H3;17H,4-16H2,1-3H3;3-9H2,1-2H3;3H,1,4-8H2,2H3;1H3. The first kappa shape index (κ1) is 75.1. The van der Waals surface area contributed by atoms with E-state index in [1.807, 2.05) is 22.0 Å². The minimum Gasteiger partial charge on any atom is -0.207 e. The summed E-state index contributed by atoms with van der Waals surface area (Å²) in [6.45, 7) is 20.8. The zero-order valence-corrected chi connectivity index (χ0v) is 48.1. The smallest absolute Gasteiger partial charge is 0.207 e. The molecule has 0 saturated carbocycles. The fraction of sp³-hybridized carbons (Fsp3) is 0.964. The van der Waals surface area contributed by atoms with Gasteiger partial charge in [-0.1, -0.05) is 250 Å². The van der Waals surface area contributed by atoms with Crippen molar-refractivity contribution in [2.75, 3.05) is 0 Å². The molecule has 0 aliphatic heterocycles. The van der Waals surface area contributed by atoms with Crippen LogP contribution in [0.5, 0.6) is 0 Å². The van der Waals surface area contributed by atoms with Gasteiger partial charge in [0.1, 0.15) is 0 Å². The highest BCUT2D eigenvalue weighted by Gasteiger charge is 2.28.